The fourth-order valence-corrected chi connectivity index (χ4v) is 2.27. The van der Waals surface area contributed by atoms with Gasteiger partial charge in [0.1, 0.15) is 5.70 Å². The highest BCUT2D eigenvalue weighted by molar-refractivity contribution is 8.06. The van der Waals surface area contributed by atoms with Crippen molar-refractivity contribution in [3.8, 4) is 0 Å². The van der Waals surface area contributed by atoms with E-state index in [-0.39, 0.29) is 11.8 Å². The van der Waals surface area contributed by atoms with E-state index in [1.54, 1.807) is 0 Å². The van der Waals surface area contributed by atoms with Gasteiger partial charge >= 0.3 is 6.03 Å². The predicted octanol–water partition coefficient (Wildman–Crippen LogP) is 0.934. The van der Waals surface area contributed by atoms with E-state index in [0.29, 0.717) is 5.70 Å². The lowest BCUT2D eigenvalue weighted by Crippen LogP contribution is -2.22. The van der Waals surface area contributed by atoms with Gasteiger partial charge in [-0.1, -0.05) is 24.8 Å². The number of hydrogen-bond donors (Lipinski definition) is 2. The van der Waals surface area contributed by atoms with Crippen LogP contribution in [0.1, 0.15) is 6.92 Å². The number of rotatable bonds is 0. The summed E-state index contributed by atoms with van der Waals surface area (Å²) in [5.41, 5.74) is 0.396. The van der Waals surface area contributed by atoms with E-state index < -0.39 is 6.03 Å². The van der Waals surface area contributed by atoms with Crippen molar-refractivity contribution in [2.75, 3.05) is 0 Å². The second kappa shape index (κ2) is 2.92. The number of nitrogens with one attached hydrogen (secondary N) is 2. The van der Waals surface area contributed by atoms with Crippen molar-refractivity contribution >= 4 is 23.7 Å². The molecular weight excluding hydrogens is 188 g/mol. The number of carbonyl (C=O) groups excluding carboxylic acids is 2. The van der Waals surface area contributed by atoms with Crippen molar-refractivity contribution in [2.45, 2.75) is 6.92 Å². The number of urea groups is 1. The average molecular weight is 196 g/mol. The van der Waals surface area contributed by atoms with E-state index in [1.807, 2.05) is 18.4 Å². The molecule has 0 aromatic heterocycles. The number of imide groups is 1. The molecule has 13 heavy (non-hydrogen) atoms. The lowest BCUT2D eigenvalue weighted by Gasteiger charge is -2.05. The zero-order chi connectivity index (χ0) is 9.42. The first-order valence-electron chi connectivity index (χ1n) is 3.88. The summed E-state index contributed by atoms with van der Waals surface area (Å²) in [5.74, 6) is -0.118. The molecule has 1 fully saturated rings. The topological polar surface area (TPSA) is 58.2 Å². The van der Waals surface area contributed by atoms with Gasteiger partial charge in [-0.25, -0.2) is 4.79 Å². The Morgan fingerprint density at radius 1 is 1.38 bits per heavy atom. The Hall–Kier alpha value is -1.23. The van der Waals surface area contributed by atoms with Crippen LogP contribution in [0, 0.1) is 5.92 Å². The molecule has 2 aliphatic heterocycles. The third-order valence-corrected chi connectivity index (χ3v) is 3.04. The minimum atomic E-state index is -0.438. The number of hydrogen-bond acceptors (Lipinski definition) is 3. The normalized spacial score (nSPS) is 32.2. The van der Waals surface area contributed by atoms with Crippen LogP contribution in [-0.4, -0.2) is 11.9 Å². The van der Waals surface area contributed by atoms with Gasteiger partial charge in [-0.05, 0) is 5.41 Å². The molecule has 68 valence electrons. The Kier molecular flexibility index (Phi) is 1.88. The van der Waals surface area contributed by atoms with Crippen LogP contribution in [0.3, 0.4) is 0 Å². The highest BCUT2D eigenvalue weighted by Gasteiger charge is 2.29. The first-order chi connectivity index (χ1) is 6.18. The van der Waals surface area contributed by atoms with Crippen LogP contribution < -0.4 is 10.6 Å². The summed E-state index contributed by atoms with van der Waals surface area (Å²) in [7, 11) is 0. The van der Waals surface area contributed by atoms with Crippen molar-refractivity contribution < 1.29 is 9.59 Å². The van der Waals surface area contributed by atoms with E-state index in [2.05, 4.69) is 10.6 Å². The number of carbonyl (C=O) groups is 2. The molecular formula is C8H8N2O2S. The smallest absolute Gasteiger partial charge is 0.302 e. The van der Waals surface area contributed by atoms with Gasteiger partial charge in [0, 0.05) is 10.8 Å². The van der Waals surface area contributed by atoms with Gasteiger partial charge in [-0.15, -0.1) is 0 Å². The van der Waals surface area contributed by atoms with Crippen LogP contribution in [0.4, 0.5) is 4.79 Å². The molecule has 0 spiro atoms. The zero-order valence-corrected chi connectivity index (χ0v) is 7.77. The molecule has 0 radical (unpaired) electrons. The summed E-state index contributed by atoms with van der Waals surface area (Å²) in [5, 5.41) is 6.59. The van der Waals surface area contributed by atoms with Crippen molar-refractivity contribution in [3.05, 3.63) is 22.1 Å². The summed E-state index contributed by atoms with van der Waals surface area (Å²) >= 11 is 1.48. The van der Waals surface area contributed by atoms with Gasteiger partial charge in [-0.3, -0.25) is 10.1 Å². The first kappa shape index (κ1) is 8.37. The first-order valence-corrected chi connectivity index (χ1v) is 4.76. The second-order valence-corrected chi connectivity index (χ2v) is 3.83. The molecule has 5 heteroatoms. The number of allylic oxidation sites excluding steroid dienone is 2. The Morgan fingerprint density at radius 2 is 2.15 bits per heavy atom. The van der Waals surface area contributed by atoms with Crippen LogP contribution in [0.5, 0.6) is 0 Å². The summed E-state index contributed by atoms with van der Waals surface area (Å²) in [6.45, 7) is 1.98. The van der Waals surface area contributed by atoms with Crippen molar-refractivity contribution in [1.82, 2.24) is 10.6 Å². The third kappa shape index (κ3) is 1.35. The minimum absolute atomic E-state index is 0.212. The molecule has 0 saturated carbocycles. The van der Waals surface area contributed by atoms with E-state index in [1.165, 1.54) is 11.8 Å². The maximum Gasteiger partial charge on any atom is 0.326 e. The molecule has 3 amide bonds. The van der Waals surface area contributed by atoms with Gasteiger partial charge in [0.2, 0.25) is 0 Å². The van der Waals surface area contributed by atoms with Gasteiger partial charge in [0.05, 0.1) is 0 Å². The number of amides is 3. The van der Waals surface area contributed by atoms with E-state index in [9.17, 15) is 9.59 Å². The largest absolute Gasteiger partial charge is 0.326 e. The Morgan fingerprint density at radius 3 is 2.62 bits per heavy atom. The highest BCUT2D eigenvalue weighted by atomic mass is 32.2. The lowest BCUT2D eigenvalue weighted by atomic mass is 10.1. The summed E-state index contributed by atoms with van der Waals surface area (Å²) in [6, 6.07) is -0.438. The van der Waals surface area contributed by atoms with E-state index in [4.69, 9.17) is 0 Å². The van der Waals surface area contributed by atoms with E-state index in [0.717, 1.165) is 4.91 Å². The quantitative estimate of drug-likeness (QED) is 0.447. The summed E-state index contributed by atoms with van der Waals surface area (Å²) in [6.07, 6.45) is 1.99. The van der Waals surface area contributed by atoms with E-state index >= 15 is 0 Å². The summed E-state index contributed by atoms with van der Waals surface area (Å²) < 4.78 is 0. The third-order valence-electron chi connectivity index (χ3n) is 1.91. The Labute approximate surface area is 79.4 Å². The fourth-order valence-electron chi connectivity index (χ4n) is 1.25. The van der Waals surface area contributed by atoms with Crippen LogP contribution in [0.15, 0.2) is 22.1 Å². The molecule has 2 aliphatic rings. The van der Waals surface area contributed by atoms with Gasteiger partial charge in [-0.2, -0.15) is 0 Å². The van der Waals surface area contributed by atoms with Crippen molar-refractivity contribution in [3.63, 3.8) is 0 Å². The molecule has 1 unspecified atom stereocenters. The van der Waals surface area contributed by atoms with Gasteiger partial charge in [0.15, 0.2) is 0 Å². The van der Waals surface area contributed by atoms with Crippen LogP contribution >= 0.6 is 11.8 Å². The highest BCUT2D eigenvalue weighted by Crippen LogP contribution is 2.35. The maximum atomic E-state index is 11.2. The minimum Gasteiger partial charge on any atom is -0.302 e. The molecule has 4 nitrogen and oxygen atoms in total. The molecule has 0 aliphatic carbocycles. The second-order valence-electron chi connectivity index (χ2n) is 2.88. The molecule has 0 aromatic carbocycles. The van der Waals surface area contributed by atoms with Crippen LogP contribution in [0.25, 0.3) is 0 Å². The zero-order valence-electron chi connectivity index (χ0n) is 6.96. The Bertz CT molecular complexity index is 346. The molecule has 0 aromatic rings. The van der Waals surface area contributed by atoms with Gasteiger partial charge < -0.3 is 5.32 Å². The van der Waals surface area contributed by atoms with Gasteiger partial charge in [0.25, 0.3) is 5.91 Å². The molecule has 0 bridgehead atoms. The molecule has 2 heterocycles. The molecule has 1 saturated heterocycles. The van der Waals surface area contributed by atoms with Crippen molar-refractivity contribution in [1.29, 1.82) is 0 Å². The SMILES string of the molecule is CC1C=CSC1=C1NC(=O)NC1=O. The molecule has 2 rings (SSSR count). The number of thioether (sulfide) groups is 1. The maximum absolute atomic E-state index is 11.2. The van der Waals surface area contributed by atoms with Crippen molar-refractivity contribution in [2.24, 2.45) is 5.92 Å². The lowest BCUT2D eigenvalue weighted by molar-refractivity contribution is -0.115. The molecule has 1 atom stereocenters. The summed E-state index contributed by atoms with van der Waals surface area (Å²) in [4.78, 5) is 23.0. The van der Waals surface area contributed by atoms with Crippen LogP contribution in [-0.2, 0) is 4.79 Å². The predicted molar refractivity (Wildman–Crippen MR) is 49.6 cm³/mol. The fraction of sp³-hybridized carbons (Fsp3) is 0.250. The molecule has 2 N–H and O–H groups in total. The monoisotopic (exact) mass is 196 g/mol. The Balaban J connectivity index is 2.34. The van der Waals surface area contributed by atoms with Crippen LogP contribution in [0.2, 0.25) is 0 Å². The average Bonchev–Trinajstić information content (AvgIpc) is 2.58. The standard InChI is InChI=1S/C8H8N2O2S/c1-4-2-3-13-6(4)5-7(11)10-8(12)9-5/h2-4H,1H3,(H2,9,10,11,12).